The molecule has 2 fully saturated rings. The Labute approximate surface area is 163 Å². The number of anilines is 1. The zero-order chi connectivity index (χ0) is 19.7. The van der Waals surface area contributed by atoms with E-state index in [1.165, 1.54) is 0 Å². The van der Waals surface area contributed by atoms with Crippen molar-refractivity contribution in [3.8, 4) is 0 Å². The summed E-state index contributed by atoms with van der Waals surface area (Å²) in [7, 11) is 1.83. The number of carbonyl (C=O) groups excluding carboxylic acids is 1. The van der Waals surface area contributed by atoms with Gasteiger partial charge in [0.2, 0.25) is 0 Å². The molecule has 0 radical (unpaired) electrons. The van der Waals surface area contributed by atoms with Crippen LogP contribution in [0.15, 0.2) is 29.3 Å². The molecule has 6 nitrogen and oxygen atoms in total. The van der Waals surface area contributed by atoms with Crippen molar-refractivity contribution in [3.05, 3.63) is 29.8 Å². The number of guanidine groups is 1. The fraction of sp³-hybridized carbons (Fsp3) is 0.619. The topological polar surface area (TPSA) is 60.0 Å². The van der Waals surface area contributed by atoms with Gasteiger partial charge in [-0.05, 0) is 44.4 Å². The molecule has 0 aromatic heterocycles. The Bertz CT molecular complexity index is 719. The molecule has 2 saturated heterocycles. The number of hydrogen-bond donors (Lipinski definition) is 2. The van der Waals surface area contributed by atoms with E-state index < -0.39 is 0 Å². The van der Waals surface area contributed by atoms with E-state index in [2.05, 4.69) is 54.3 Å². The number of nitrogens with one attached hydrogen (secondary N) is 2. The smallest absolute Gasteiger partial charge is 0.321 e. The lowest BCUT2D eigenvalue weighted by atomic mass is 9.65. The van der Waals surface area contributed by atoms with Gasteiger partial charge in [-0.15, -0.1) is 0 Å². The highest BCUT2D eigenvalue weighted by Gasteiger charge is 2.53. The van der Waals surface area contributed by atoms with Crippen LogP contribution in [0.25, 0.3) is 0 Å². The number of benzene rings is 1. The Morgan fingerprint density at radius 1 is 1.19 bits per heavy atom. The van der Waals surface area contributed by atoms with Crippen molar-refractivity contribution in [1.82, 2.24) is 15.1 Å². The Balaban J connectivity index is 1.59. The van der Waals surface area contributed by atoms with Crippen LogP contribution in [0.2, 0.25) is 0 Å². The molecule has 1 aromatic carbocycles. The number of amides is 2. The zero-order valence-corrected chi connectivity index (χ0v) is 17.3. The molecule has 1 aromatic rings. The fourth-order valence-electron chi connectivity index (χ4n) is 3.76. The molecule has 2 aliphatic rings. The summed E-state index contributed by atoms with van der Waals surface area (Å²) in [6.45, 7) is 12.5. The van der Waals surface area contributed by atoms with E-state index in [0.717, 1.165) is 49.7 Å². The molecular formula is C21H33N5O. The highest BCUT2D eigenvalue weighted by molar-refractivity contribution is 5.89. The van der Waals surface area contributed by atoms with E-state index in [4.69, 9.17) is 0 Å². The van der Waals surface area contributed by atoms with Gasteiger partial charge in [-0.1, -0.05) is 26.0 Å². The molecule has 0 spiro atoms. The second-order valence-electron chi connectivity index (χ2n) is 8.75. The number of urea groups is 1. The second-order valence-corrected chi connectivity index (χ2v) is 8.75. The van der Waals surface area contributed by atoms with Crippen molar-refractivity contribution < 1.29 is 4.79 Å². The van der Waals surface area contributed by atoms with Crippen molar-refractivity contribution in [2.75, 3.05) is 32.0 Å². The SMILES string of the molecule is CN=C(NCc1cccc(NC(=O)N2CCCC2)c1)N1CC(C)(C)C1(C)C. The summed E-state index contributed by atoms with van der Waals surface area (Å²) in [6.07, 6.45) is 2.19. The van der Waals surface area contributed by atoms with Crippen molar-refractivity contribution in [1.29, 1.82) is 0 Å². The summed E-state index contributed by atoms with van der Waals surface area (Å²) < 4.78 is 0. The molecule has 0 saturated carbocycles. The van der Waals surface area contributed by atoms with Crippen LogP contribution in [-0.2, 0) is 6.54 Å². The molecule has 3 rings (SSSR count). The van der Waals surface area contributed by atoms with Crippen molar-refractivity contribution in [3.63, 3.8) is 0 Å². The summed E-state index contributed by atoms with van der Waals surface area (Å²) in [5.41, 5.74) is 2.30. The van der Waals surface area contributed by atoms with Crippen molar-refractivity contribution in [2.24, 2.45) is 10.4 Å². The number of nitrogens with zero attached hydrogens (tertiary/aromatic N) is 3. The molecule has 6 heteroatoms. The van der Waals surface area contributed by atoms with Gasteiger partial charge in [0.1, 0.15) is 0 Å². The minimum absolute atomic E-state index is 0.00187. The maximum Gasteiger partial charge on any atom is 0.321 e. The van der Waals surface area contributed by atoms with Crippen LogP contribution >= 0.6 is 0 Å². The van der Waals surface area contributed by atoms with Gasteiger partial charge in [0.15, 0.2) is 5.96 Å². The first-order valence-electron chi connectivity index (χ1n) is 9.88. The minimum Gasteiger partial charge on any atom is -0.352 e. The average molecular weight is 372 g/mol. The predicted molar refractivity (Wildman–Crippen MR) is 111 cm³/mol. The van der Waals surface area contributed by atoms with E-state index in [1.807, 2.05) is 30.1 Å². The lowest BCUT2D eigenvalue weighted by Crippen LogP contribution is -2.72. The van der Waals surface area contributed by atoms with E-state index >= 15 is 0 Å². The Hall–Kier alpha value is -2.24. The number of likely N-dealkylation sites (tertiary alicyclic amines) is 2. The summed E-state index contributed by atoms with van der Waals surface area (Å²) >= 11 is 0. The quantitative estimate of drug-likeness (QED) is 0.631. The van der Waals surface area contributed by atoms with Crippen LogP contribution in [-0.4, -0.2) is 54.0 Å². The molecule has 0 bridgehead atoms. The maximum atomic E-state index is 12.3. The number of aliphatic imine (C=N–C) groups is 1. The van der Waals surface area contributed by atoms with Crippen LogP contribution in [0.1, 0.15) is 46.1 Å². The van der Waals surface area contributed by atoms with Gasteiger partial charge in [-0.2, -0.15) is 0 Å². The first-order chi connectivity index (χ1) is 12.7. The molecule has 148 valence electrons. The Morgan fingerprint density at radius 2 is 1.89 bits per heavy atom. The molecule has 0 atom stereocenters. The summed E-state index contributed by atoms with van der Waals surface area (Å²) in [4.78, 5) is 20.9. The lowest BCUT2D eigenvalue weighted by Gasteiger charge is -2.62. The zero-order valence-electron chi connectivity index (χ0n) is 17.3. The van der Waals surface area contributed by atoms with Crippen molar-refractivity contribution in [2.45, 2.75) is 52.6 Å². The van der Waals surface area contributed by atoms with E-state index in [-0.39, 0.29) is 17.0 Å². The molecule has 2 amide bonds. The second kappa shape index (κ2) is 7.41. The standard InChI is InChI=1S/C21H33N5O/c1-20(2)15-26(21(20,3)4)18(22-5)23-14-16-9-8-10-17(13-16)24-19(27)25-11-6-7-12-25/h8-10,13H,6-7,11-12,14-15H2,1-5H3,(H,22,23)(H,24,27). The number of rotatable bonds is 3. The molecule has 0 aliphatic carbocycles. The van der Waals surface area contributed by atoms with Gasteiger partial charge >= 0.3 is 6.03 Å². The van der Waals surface area contributed by atoms with Crippen LogP contribution in [0.3, 0.4) is 0 Å². The molecular weight excluding hydrogens is 338 g/mol. The van der Waals surface area contributed by atoms with E-state index in [1.54, 1.807) is 0 Å². The Kier molecular flexibility index (Phi) is 5.36. The predicted octanol–water partition coefficient (Wildman–Crippen LogP) is 3.51. The molecule has 2 N–H and O–H groups in total. The molecule has 27 heavy (non-hydrogen) atoms. The van der Waals surface area contributed by atoms with E-state index in [9.17, 15) is 4.79 Å². The van der Waals surface area contributed by atoms with Gasteiger partial charge in [-0.3, -0.25) is 4.99 Å². The van der Waals surface area contributed by atoms with Gasteiger partial charge in [0, 0.05) is 49.9 Å². The largest absolute Gasteiger partial charge is 0.352 e. The summed E-state index contributed by atoms with van der Waals surface area (Å²) in [5.74, 6) is 0.922. The third kappa shape index (κ3) is 3.89. The van der Waals surface area contributed by atoms with Crippen LogP contribution < -0.4 is 10.6 Å². The summed E-state index contributed by atoms with van der Waals surface area (Å²) in [5, 5.41) is 6.48. The Morgan fingerprint density at radius 3 is 2.48 bits per heavy atom. The van der Waals surface area contributed by atoms with Gasteiger partial charge < -0.3 is 20.4 Å². The summed E-state index contributed by atoms with van der Waals surface area (Å²) in [6, 6.07) is 8.01. The normalized spacial score (nSPS) is 21.0. The molecule has 2 aliphatic heterocycles. The van der Waals surface area contributed by atoms with Crippen LogP contribution in [0.4, 0.5) is 10.5 Å². The first kappa shape index (κ1) is 19.5. The average Bonchev–Trinajstić information content (AvgIpc) is 3.16. The maximum absolute atomic E-state index is 12.3. The lowest BCUT2D eigenvalue weighted by molar-refractivity contribution is -0.0667. The van der Waals surface area contributed by atoms with Crippen LogP contribution in [0.5, 0.6) is 0 Å². The first-order valence-corrected chi connectivity index (χ1v) is 9.88. The number of hydrogen-bond acceptors (Lipinski definition) is 2. The van der Waals surface area contributed by atoms with Gasteiger partial charge in [0.25, 0.3) is 0 Å². The monoisotopic (exact) mass is 371 g/mol. The molecule has 0 unspecified atom stereocenters. The van der Waals surface area contributed by atoms with Crippen molar-refractivity contribution >= 4 is 17.7 Å². The van der Waals surface area contributed by atoms with Gasteiger partial charge in [0.05, 0.1) is 0 Å². The highest BCUT2D eigenvalue weighted by atomic mass is 16.2. The van der Waals surface area contributed by atoms with Crippen LogP contribution in [0, 0.1) is 5.41 Å². The molecule has 2 heterocycles. The fourth-order valence-corrected chi connectivity index (χ4v) is 3.76. The third-order valence-corrected chi connectivity index (χ3v) is 6.37. The highest BCUT2D eigenvalue weighted by Crippen LogP contribution is 2.46. The number of carbonyl (C=O) groups is 1. The minimum atomic E-state index is -0.00187. The van der Waals surface area contributed by atoms with Gasteiger partial charge in [-0.25, -0.2) is 4.79 Å². The van der Waals surface area contributed by atoms with E-state index in [0.29, 0.717) is 6.54 Å². The third-order valence-electron chi connectivity index (χ3n) is 6.37.